The molecule has 0 amide bonds. The van der Waals surface area contributed by atoms with E-state index in [1.54, 1.807) is 0 Å². The third kappa shape index (κ3) is 4.06. The Morgan fingerprint density at radius 2 is 2.00 bits per heavy atom. The van der Waals surface area contributed by atoms with Gasteiger partial charge in [-0.15, -0.1) is 12.6 Å². The lowest BCUT2D eigenvalue weighted by Gasteiger charge is -2.41. The van der Waals surface area contributed by atoms with E-state index in [4.69, 9.17) is 5.11 Å². The summed E-state index contributed by atoms with van der Waals surface area (Å²) in [6.45, 7) is 7.08. The van der Waals surface area contributed by atoms with E-state index in [1.165, 1.54) is 0 Å². The van der Waals surface area contributed by atoms with Crippen LogP contribution in [-0.2, 0) is 0 Å². The number of hydrogen-bond acceptors (Lipinski definition) is 7. The third-order valence-electron chi connectivity index (χ3n) is 3.26. The molecule has 2 fully saturated rings. The van der Waals surface area contributed by atoms with Gasteiger partial charge in [0.05, 0.1) is 6.61 Å². The van der Waals surface area contributed by atoms with Gasteiger partial charge in [-0.2, -0.15) is 5.53 Å². The Kier molecular flexibility index (Phi) is 5.49. The topological polar surface area (TPSA) is 54.0 Å². The van der Waals surface area contributed by atoms with Crippen molar-refractivity contribution in [2.45, 2.75) is 11.9 Å². The zero-order valence-corrected chi connectivity index (χ0v) is 11.1. The fourth-order valence-corrected chi connectivity index (χ4v) is 2.51. The first-order valence-electron chi connectivity index (χ1n) is 6.32. The first kappa shape index (κ1) is 13.5. The van der Waals surface area contributed by atoms with Crippen molar-refractivity contribution >= 4 is 12.6 Å². The molecule has 2 heterocycles. The number of aliphatic hydroxyl groups is 1. The van der Waals surface area contributed by atoms with Crippen LogP contribution in [0.25, 0.3) is 0 Å². The molecule has 2 saturated heterocycles. The lowest BCUT2D eigenvalue weighted by molar-refractivity contribution is -0.0313. The molecule has 0 aromatic carbocycles. The van der Waals surface area contributed by atoms with Crippen molar-refractivity contribution in [2.75, 3.05) is 52.4 Å². The number of β-amino-alcohol motifs (C(OH)–C–C–N with tert-alkyl or cyclic N) is 1. The third-order valence-corrected chi connectivity index (χ3v) is 3.72. The normalized spacial score (nSPS) is 29.6. The van der Waals surface area contributed by atoms with E-state index in [0.717, 1.165) is 52.2 Å². The molecule has 6 nitrogen and oxygen atoms in total. The lowest BCUT2D eigenvalue weighted by Crippen LogP contribution is -2.62. The fraction of sp³-hybridized carbons (Fsp3) is 1.00. The predicted octanol–water partition coefficient (Wildman–Crippen LogP) is -1.48. The predicted molar refractivity (Wildman–Crippen MR) is 70.3 cm³/mol. The van der Waals surface area contributed by atoms with Crippen LogP contribution in [0.3, 0.4) is 0 Å². The highest BCUT2D eigenvalue weighted by Gasteiger charge is 2.22. The minimum atomic E-state index is 0.0965. The smallest absolute Gasteiger partial charge is 0.119 e. The molecule has 100 valence electrons. The number of aliphatic hydroxyl groups excluding tert-OH is 1. The summed E-state index contributed by atoms with van der Waals surface area (Å²) in [7, 11) is 0. The molecular formula is C10H23N5OS. The summed E-state index contributed by atoms with van der Waals surface area (Å²) in [5, 5.41) is 16.6. The molecule has 1 unspecified atom stereocenters. The van der Waals surface area contributed by atoms with Crippen LogP contribution in [0.5, 0.6) is 0 Å². The van der Waals surface area contributed by atoms with Crippen LogP contribution in [0.2, 0.25) is 0 Å². The van der Waals surface area contributed by atoms with Gasteiger partial charge in [-0.05, 0) is 13.0 Å². The number of piperazine rings is 1. The van der Waals surface area contributed by atoms with Crippen molar-refractivity contribution in [1.29, 1.82) is 0 Å². The van der Waals surface area contributed by atoms with Gasteiger partial charge in [0.1, 0.15) is 5.50 Å². The number of hydrazine groups is 2. The van der Waals surface area contributed by atoms with E-state index < -0.39 is 0 Å². The van der Waals surface area contributed by atoms with E-state index >= 15 is 0 Å². The van der Waals surface area contributed by atoms with Crippen molar-refractivity contribution in [3.05, 3.63) is 0 Å². The first-order valence-corrected chi connectivity index (χ1v) is 6.84. The van der Waals surface area contributed by atoms with Gasteiger partial charge in [-0.25, -0.2) is 10.0 Å². The summed E-state index contributed by atoms with van der Waals surface area (Å²) in [6.07, 6.45) is 1.15. The second-order valence-corrected chi connectivity index (χ2v) is 5.02. The number of rotatable bonds is 4. The van der Waals surface area contributed by atoms with Crippen molar-refractivity contribution in [1.82, 2.24) is 25.8 Å². The Labute approximate surface area is 108 Å². The second-order valence-electron chi connectivity index (χ2n) is 4.53. The Morgan fingerprint density at radius 1 is 1.24 bits per heavy atom. The van der Waals surface area contributed by atoms with Crippen LogP contribution >= 0.6 is 12.6 Å². The zero-order chi connectivity index (χ0) is 12.1. The molecule has 7 heteroatoms. The molecule has 0 bridgehead atoms. The van der Waals surface area contributed by atoms with Gasteiger partial charge in [-0.3, -0.25) is 10.2 Å². The van der Waals surface area contributed by atoms with Gasteiger partial charge in [0.25, 0.3) is 0 Å². The molecule has 0 saturated carbocycles. The Morgan fingerprint density at radius 3 is 2.65 bits per heavy atom. The van der Waals surface area contributed by atoms with E-state index in [2.05, 4.69) is 38.4 Å². The van der Waals surface area contributed by atoms with Crippen LogP contribution in [-0.4, -0.2) is 77.9 Å². The van der Waals surface area contributed by atoms with E-state index in [1.807, 2.05) is 0 Å². The summed E-state index contributed by atoms with van der Waals surface area (Å²) in [6, 6.07) is 0. The second kappa shape index (κ2) is 6.89. The molecule has 17 heavy (non-hydrogen) atoms. The summed E-state index contributed by atoms with van der Waals surface area (Å²) < 4.78 is 0. The van der Waals surface area contributed by atoms with Gasteiger partial charge >= 0.3 is 0 Å². The summed E-state index contributed by atoms with van der Waals surface area (Å²) in [5.74, 6) is 0. The Balaban J connectivity index is 1.70. The molecule has 0 radical (unpaired) electrons. The minimum absolute atomic E-state index is 0.0965. The molecule has 0 aliphatic carbocycles. The van der Waals surface area contributed by atoms with Crippen LogP contribution in [0.1, 0.15) is 6.42 Å². The molecule has 1 atom stereocenters. The standard InChI is InChI=1S/C10H23N5OS/c16-9-8-13-4-6-14(7-5-13)12-15-3-1-2-11-10(15)17/h10-12,16-17H,1-9H2. The first-order chi connectivity index (χ1) is 8.29. The van der Waals surface area contributed by atoms with Gasteiger partial charge in [-0.1, -0.05) is 0 Å². The molecule has 0 aromatic rings. The highest BCUT2D eigenvalue weighted by atomic mass is 32.1. The fourth-order valence-electron chi connectivity index (χ4n) is 2.21. The van der Waals surface area contributed by atoms with Crippen molar-refractivity contribution < 1.29 is 5.11 Å². The van der Waals surface area contributed by atoms with Crippen molar-refractivity contribution in [3.63, 3.8) is 0 Å². The molecule has 2 rings (SSSR count). The molecule has 3 N–H and O–H groups in total. The van der Waals surface area contributed by atoms with Gasteiger partial charge < -0.3 is 5.11 Å². The SMILES string of the molecule is OCCN1CCN(NN2CCCNC2S)CC1. The summed E-state index contributed by atoms with van der Waals surface area (Å²) in [4.78, 5) is 2.28. The van der Waals surface area contributed by atoms with Crippen LogP contribution < -0.4 is 10.9 Å². The average Bonchev–Trinajstić information content (AvgIpc) is 2.35. The van der Waals surface area contributed by atoms with Gasteiger partial charge in [0.15, 0.2) is 0 Å². The van der Waals surface area contributed by atoms with Crippen LogP contribution in [0.4, 0.5) is 0 Å². The number of nitrogens with zero attached hydrogens (tertiary/aromatic N) is 3. The molecule has 0 aromatic heterocycles. The molecular weight excluding hydrogens is 238 g/mol. The lowest BCUT2D eigenvalue weighted by atomic mass is 10.3. The summed E-state index contributed by atoms with van der Waals surface area (Å²) >= 11 is 4.49. The largest absolute Gasteiger partial charge is 0.395 e. The highest BCUT2D eigenvalue weighted by molar-refractivity contribution is 7.80. The number of hydrogen-bond donors (Lipinski definition) is 4. The van der Waals surface area contributed by atoms with E-state index in [9.17, 15) is 0 Å². The number of nitrogens with one attached hydrogen (secondary N) is 2. The Hall–Kier alpha value is 0.110. The van der Waals surface area contributed by atoms with Gasteiger partial charge in [0.2, 0.25) is 0 Å². The summed E-state index contributed by atoms with van der Waals surface area (Å²) in [5.41, 5.74) is 3.51. The van der Waals surface area contributed by atoms with E-state index in [-0.39, 0.29) is 12.1 Å². The van der Waals surface area contributed by atoms with Crippen LogP contribution in [0, 0.1) is 0 Å². The average molecular weight is 261 g/mol. The zero-order valence-electron chi connectivity index (χ0n) is 10.2. The van der Waals surface area contributed by atoms with Crippen LogP contribution in [0.15, 0.2) is 0 Å². The highest BCUT2D eigenvalue weighted by Crippen LogP contribution is 2.06. The minimum Gasteiger partial charge on any atom is -0.395 e. The van der Waals surface area contributed by atoms with E-state index in [0.29, 0.717) is 0 Å². The maximum absolute atomic E-state index is 8.88. The maximum atomic E-state index is 8.88. The molecule has 2 aliphatic rings. The quantitative estimate of drug-likeness (QED) is 0.464. The molecule has 2 aliphatic heterocycles. The molecule has 0 spiro atoms. The van der Waals surface area contributed by atoms with Crippen molar-refractivity contribution in [3.8, 4) is 0 Å². The van der Waals surface area contributed by atoms with Gasteiger partial charge in [0, 0.05) is 39.3 Å². The number of thiol groups is 1. The van der Waals surface area contributed by atoms with Crippen molar-refractivity contribution in [2.24, 2.45) is 0 Å². The Bertz CT molecular complexity index is 225. The maximum Gasteiger partial charge on any atom is 0.119 e. The monoisotopic (exact) mass is 261 g/mol.